The zero-order valence-corrected chi connectivity index (χ0v) is 10.5. The summed E-state index contributed by atoms with van der Waals surface area (Å²) in [6.45, 7) is 0. The summed E-state index contributed by atoms with van der Waals surface area (Å²) in [6.07, 6.45) is 0. The van der Waals surface area contributed by atoms with Crippen LogP contribution in [0.25, 0.3) is 0 Å². The normalized spacial score (nSPS) is 17.1. The number of urea groups is 1. The van der Waals surface area contributed by atoms with Crippen molar-refractivity contribution >= 4 is 23.6 Å². The molecule has 0 radical (unpaired) electrons. The molecule has 0 aliphatic carbocycles. The van der Waals surface area contributed by atoms with Gasteiger partial charge in [-0.3, -0.25) is 24.2 Å². The van der Waals surface area contributed by atoms with E-state index in [4.69, 9.17) is 0 Å². The van der Waals surface area contributed by atoms with Crippen molar-refractivity contribution in [2.75, 3.05) is 14.1 Å². The van der Waals surface area contributed by atoms with E-state index in [0.717, 1.165) is 9.80 Å². The van der Waals surface area contributed by atoms with Crippen LogP contribution in [0.15, 0.2) is 30.3 Å². The van der Waals surface area contributed by atoms with Gasteiger partial charge in [-0.2, -0.15) is 0 Å². The quantitative estimate of drug-likeness (QED) is 0.574. The highest BCUT2D eigenvalue weighted by molar-refractivity contribution is 6.29. The van der Waals surface area contributed by atoms with Gasteiger partial charge in [0.25, 0.3) is 11.8 Å². The number of Topliss-reactive ketones (excluding diaryl/α,β-unsaturated/α-hetero) is 1. The summed E-state index contributed by atoms with van der Waals surface area (Å²) >= 11 is 0. The van der Waals surface area contributed by atoms with Gasteiger partial charge >= 0.3 is 6.03 Å². The maximum atomic E-state index is 12.2. The Balaban J connectivity index is 2.38. The maximum absolute atomic E-state index is 12.2. The topological polar surface area (TPSA) is 74.8 Å². The zero-order valence-electron chi connectivity index (χ0n) is 10.5. The second-order valence-corrected chi connectivity index (χ2v) is 4.24. The van der Waals surface area contributed by atoms with Gasteiger partial charge in [-0.05, 0) is 0 Å². The lowest BCUT2D eigenvalue weighted by molar-refractivity contribution is -0.145. The molecule has 1 fully saturated rings. The molecule has 0 unspecified atom stereocenters. The van der Waals surface area contributed by atoms with E-state index in [1.54, 1.807) is 18.2 Å². The zero-order chi connectivity index (χ0) is 14.2. The molecule has 1 heterocycles. The van der Waals surface area contributed by atoms with Gasteiger partial charge in [0.05, 0.1) is 0 Å². The van der Waals surface area contributed by atoms with Gasteiger partial charge in [-0.25, -0.2) is 4.79 Å². The van der Waals surface area contributed by atoms with Crippen LogP contribution in [0.1, 0.15) is 10.4 Å². The third kappa shape index (κ3) is 2.01. The summed E-state index contributed by atoms with van der Waals surface area (Å²) in [4.78, 5) is 49.2. The second-order valence-electron chi connectivity index (χ2n) is 4.24. The SMILES string of the molecule is CN1C(=O)C(C(=O)c2ccccc2)C(=O)N(C)C1=O. The molecule has 1 aromatic carbocycles. The van der Waals surface area contributed by atoms with Crippen LogP contribution in [-0.2, 0) is 9.59 Å². The van der Waals surface area contributed by atoms with Crippen LogP contribution in [0.4, 0.5) is 4.79 Å². The minimum Gasteiger partial charge on any atom is -0.293 e. The van der Waals surface area contributed by atoms with Crippen LogP contribution in [0.2, 0.25) is 0 Å². The van der Waals surface area contributed by atoms with Gasteiger partial charge in [-0.1, -0.05) is 30.3 Å². The average Bonchev–Trinajstić information content (AvgIpc) is 2.44. The third-order valence-corrected chi connectivity index (χ3v) is 3.05. The molecule has 0 saturated carbocycles. The monoisotopic (exact) mass is 260 g/mol. The van der Waals surface area contributed by atoms with Gasteiger partial charge in [0.1, 0.15) is 0 Å². The Kier molecular flexibility index (Phi) is 3.16. The van der Waals surface area contributed by atoms with Crippen molar-refractivity contribution in [3.05, 3.63) is 35.9 Å². The maximum Gasteiger partial charge on any atom is 0.332 e. The van der Waals surface area contributed by atoms with Crippen LogP contribution < -0.4 is 0 Å². The molecule has 1 aliphatic rings. The lowest BCUT2D eigenvalue weighted by Crippen LogP contribution is -2.58. The first-order valence-corrected chi connectivity index (χ1v) is 5.63. The largest absolute Gasteiger partial charge is 0.332 e. The summed E-state index contributed by atoms with van der Waals surface area (Å²) in [5, 5.41) is 0. The number of hydrogen-bond donors (Lipinski definition) is 0. The van der Waals surface area contributed by atoms with Gasteiger partial charge in [0.15, 0.2) is 11.7 Å². The van der Waals surface area contributed by atoms with Gasteiger partial charge < -0.3 is 0 Å². The van der Waals surface area contributed by atoms with Crippen molar-refractivity contribution in [2.45, 2.75) is 0 Å². The molecule has 98 valence electrons. The predicted octanol–water partition coefficient (Wildman–Crippen LogP) is 0.536. The molecular weight excluding hydrogens is 248 g/mol. The number of nitrogens with zero attached hydrogens (tertiary/aromatic N) is 2. The lowest BCUT2D eigenvalue weighted by Gasteiger charge is -2.32. The second kappa shape index (κ2) is 4.64. The van der Waals surface area contributed by atoms with Crippen molar-refractivity contribution in [1.82, 2.24) is 9.80 Å². The van der Waals surface area contributed by atoms with E-state index in [0.29, 0.717) is 0 Å². The summed E-state index contributed by atoms with van der Waals surface area (Å²) in [5.74, 6) is -3.65. The highest BCUT2D eigenvalue weighted by Crippen LogP contribution is 2.19. The Morgan fingerprint density at radius 3 is 1.89 bits per heavy atom. The molecule has 1 aromatic rings. The molecule has 0 atom stereocenters. The summed E-state index contributed by atoms with van der Waals surface area (Å²) in [6, 6.07) is 7.33. The number of carbonyl (C=O) groups excluding carboxylic acids is 4. The Bertz CT molecular complexity index is 543. The fourth-order valence-corrected chi connectivity index (χ4v) is 1.90. The molecule has 19 heavy (non-hydrogen) atoms. The summed E-state index contributed by atoms with van der Waals surface area (Å²) in [7, 11) is 2.50. The minimum absolute atomic E-state index is 0.269. The molecule has 4 amide bonds. The Morgan fingerprint density at radius 2 is 1.42 bits per heavy atom. The Hall–Kier alpha value is -2.50. The number of carbonyl (C=O) groups is 4. The number of ketones is 1. The lowest BCUT2D eigenvalue weighted by atomic mass is 9.93. The Morgan fingerprint density at radius 1 is 0.947 bits per heavy atom. The molecule has 0 aromatic heterocycles. The molecule has 0 spiro atoms. The van der Waals surface area contributed by atoms with E-state index in [9.17, 15) is 19.2 Å². The third-order valence-electron chi connectivity index (χ3n) is 3.05. The fourth-order valence-electron chi connectivity index (χ4n) is 1.90. The molecule has 1 aliphatic heterocycles. The van der Waals surface area contributed by atoms with E-state index in [1.165, 1.54) is 26.2 Å². The molecule has 6 nitrogen and oxygen atoms in total. The Labute approximate surface area is 109 Å². The number of amides is 4. The van der Waals surface area contributed by atoms with Crippen LogP contribution in [0.3, 0.4) is 0 Å². The summed E-state index contributed by atoms with van der Waals surface area (Å²) < 4.78 is 0. The van der Waals surface area contributed by atoms with Crippen molar-refractivity contribution < 1.29 is 19.2 Å². The first kappa shape index (κ1) is 12.9. The first-order chi connectivity index (χ1) is 8.95. The highest BCUT2D eigenvalue weighted by Gasteiger charge is 2.46. The highest BCUT2D eigenvalue weighted by atomic mass is 16.2. The summed E-state index contributed by atoms with van der Waals surface area (Å²) in [5.41, 5.74) is 0.269. The number of hydrogen-bond acceptors (Lipinski definition) is 4. The van der Waals surface area contributed by atoms with Crippen molar-refractivity contribution in [2.24, 2.45) is 5.92 Å². The molecule has 1 saturated heterocycles. The number of barbiturate groups is 1. The first-order valence-electron chi connectivity index (χ1n) is 5.63. The predicted molar refractivity (Wildman–Crippen MR) is 65.2 cm³/mol. The van der Waals surface area contributed by atoms with Crippen LogP contribution in [0, 0.1) is 5.92 Å². The van der Waals surface area contributed by atoms with Gasteiger partial charge in [0, 0.05) is 19.7 Å². The van der Waals surface area contributed by atoms with Crippen molar-refractivity contribution in [3.63, 3.8) is 0 Å². The van der Waals surface area contributed by atoms with Crippen LogP contribution in [-0.4, -0.2) is 47.5 Å². The van der Waals surface area contributed by atoms with Crippen molar-refractivity contribution in [1.29, 1.82) is 0 Å². The molecule has 6 heteroatoms. The fraction of sp³-hybridized carbons (Fsp3) is 0.231. The van der Waals surface area contributed by atoms with E-state index >= 15 is 0 Å². The molecule has 0 N–H and O–H groups in total. The number of imide groups is 2. The smallest absolute Gasteiger partial charge is 0.293 e. The number of rotatable bonds is 2. The number of benzene rings is 1. The van der Waals surface area contributed by atoms with E-state index in [1.807, 2.05) is 0 Å². The molecular formula is C13H12N2O4. The van der Waals surface area contributed by atoms with Crippen LogP contribution >= 0.6 is 0 Å². The average molecular weight is 260 g/mol. The van der Waals surface area contributed by atoms with Crippen molar-refractivity contribution in [3.8, 4) is 0 Å². The molecule has 0 bridgehead atoms. The standard InChI is InChI=1S/C13H12N2O4/c1-14-11(17)9(12(18)15(2)13(14)19)10(16)8-6-4-3-5-7-8/h3-7,9H,1-2H3. The minimum atomic E-state index is -1.48. The molecule has 2 rings (SSSR count). The van der Waals surface area contributed by atoms with Gasteiger partial charge in [-0.15, -0.1) is 0 Å². The van der Waals surface area contributed by atoms with E-state index in [2.05, 4.69) is 0 Å². The van der Waals surface area contributed by atoms with Crippen LogP contribution in [0.5, 0.6) is 0 Å². The van der Waals surface area contributed by atoms with Gasteiger partial charge in [0.2, 0.25) is 0 Å². The van der Waals surface area contributed by atoms with E-state index < -0.39 is 29.5 Å². The van der Waals surface area contributed by atoms with E-state index in [-0.39, 0.29) is 5.56 Å².